The van der Waals surface area contributed by atoms with E-state index >= 15 is 0 Å². The van der Waals surface area contributed by atoms with E-state index in [9.17, 15) is 0 Å². The zero-order valence-electron chi connectivity index (χ0n) is 12.9. The van der Waals surface area contributed by atoms with Crippen LogP contribution in [0.4, 0.5) is 11.8 Å². The highest BCUT2D eigenvalue weighted by molar-refractivity contribution is 5.47. The number of aromatic nitrogens is 2. The summed E-state index contributed by atoms with van der Waals surface area (Å²) in [7, 11) is 4.16. The molecule has 0 unspecified atom stereocenters. The van der Waals surface area contributed by atoms with Gasteiger partial charge in [-0.15, -0.1) is 0 Å². The van der Waals surface area contributed by atoms with Crippen LogP contribution in [0.15, 0.2) is 36.5 Å². The number of nitrogen functional groups attached to an aromatic ring is 1. The standard InChI is InChI=1S/C16H23N5/c1-12-11-18-16(17)20-15(12)19-14(9-10-21(2)3)13-7-5-4-6-8-13/h4-8,11,14H,9-10H2,1-3H3,(H3,17,18,19,20)/t14-/m1/s1. The van der Waals surface area contributed by atoms with Crippen LogP contribution in [0.25, 0.3) is 0 Å². The van der Waals surface area contributed by atoms with Crippen LogP contribution < -0.4 is 11.1 Å². The van der Waals surface area contributed by atoms with Gasteiger partial charge in [-0.3, -0.25) is 0 Å². The minimum atomic E-state index is 0.196. The molecule has 2 aromatic rings. The topological polar surface area (TPSA) is 67.1 Å². The van der Waals surface area contributed by atoms with E-state index in [0.717, 1.165) is 24.3 Å². The lowest BCUT2D eigenvalue weighted by atomic mass is 10.0. The van der Waals surface area contributed by atoms with Crippen LogP contribution in [-0.4, -0.2) is 35.5 Å². The molecule has 3 N–H and O–H groups in total. The molecule has 0 saturated heterocycles. The first-order chi connectivity index (χ1) is 10.1. The number of nitrogens with two attached hydrogens (primary N) is 1. The Kier molecular flexibility index (Phi) is 5.11. The molecule has 1 atom stereocenters. The molecular formula is C16H23N5. The second kappa shape index (κ2) is 7.04. The molecule has 0 aliphatic carbocycles. The summed E-state index contributed by atoms with van der Waals surface area (Å²) in [5.74, 6) is 1.10. The van der Waals surface area contributed by atoms with Crippen molar-refractivity contribution in [1.82, 2.24) is 14.9 Å². The van der Waals surface area contributed by atoms with Gasteiger partial charge in [-0.25, -0.2) is 4.98 Å². The zero-order valence-corrected chi connectivity index (χ0v) is 12.9. The van der Waals surface area contributed by atoms with Gasteiger partial charge in [0.25, 0.3) is 0 Å². The molecule has 0 fully saturated rings. The maximum Gasteiger partial charge on any atom is 0.221 e. The van der Waals surface area contributed by atoms with Gasteiger partial charge in [0.2, 0.25) is 5.95 Å². The quantitative estimate of drug-likeness (QED) is 0.853. The summed E-state index contributed by atoms with van der Waals surface area (Å²) >= 11 is 0. The van der Waals surface area contributed by atoms with Crippen molar-refractivity contribution in [3.05, 3.63) is 47.7 Å². The number of nitrogens with zero attached hydrogens (tertiary/aromatic N) is 3. The van der Waals surface area contributed by atoms with E-state index in [4.69, 9.17) is 5.73 Å². The third kappa shape index (κ3) is 4.43. The van der Waals surface area contributed by atoms with E-state index in [1.165, 1.54) is 5.56 Å². The Hall–Kier alpha value is -2.14. The molecule has 112 valence electrons. The van der Waals surface area contributed by atoms with Crippen molar-refractivity contribution < 1.29 is 0 Å². The van der Waals surface area contributed by atoms with Crippen molar-refractivity contribution in [1.29, 1.82) is 0 Å². The van der Waals surface area contributed by atoms with Crippen molar-refractivity contribution in [2.24, 2.45) is 0 Å². The van der Waals surface area contributed by atoms with Crippen molar-refractivity contribution in [3.63, 3.8) is 0 Å². The third-order valence-electron chi connectivity index (χ3n) is 3.37. The lowest BCUT2D eigenvalue weighted by Crippen LogP contribution is -2.21. The van der Waals surface area contributed by atoms with Crippen molar-refractivity contribution in [2.45, 2.75) is 19.4 Å². The van der Waals surface area contributed by atoms with Crippen LogP contribution in [-0.2, 0) is 0 Å². The van der Waals surface area contributed by atoms with E-state index in [0.29, 0.717) is 5.95 Å². The van der Waals surface area contributed by atoms with Crippen LogP contribution in [0.2, 0.25) is 0 Å². The average Bonchev–Trinajstić information content (AvgIpc) is 2.47. The molecule has 1 aromatic carbocycles. The maximum absolute atomic E-state index is 5.69. The van der Waals surface area contributed by atoms with Gasteiger partial charge in [0, 0.05) is 11.8 Å². The predicted molar refractivity (Wildman–Crippen MR) is 87.2 cm³/mol. The summed E-state index contributed by atoms with van der Waals surface area (Å²) in [6.45, 7) is 2.97. The molecule has 1 heterocycles. The number of hydrogen-bond acceptors (Lipinski definition) is 5. The van der Waals surface area contributed by atoms with Gasteiger partial charge in [-0.05, 0) is 39.5 Å². The molecular weight excluding hydrogens is 262 g/mol. The van der Waals surface area contributed by atoms with Crippen molar-refractivity contribution in [3.8, 4) is 0 Å². The number of aryl methyl sites for hydroxylation is 1. The van der Waals surface area contributed by atoms with Gasteiger partial charge >= 0.3 is 0 Å². The van der Waals surface area contributed by atoms with Crippen molar-refractivity contribution >= 4 is 11.8 Å². The molecule has 0 amide bonds. The predicted octanol–water partition coefficient (Wildman–Crippen LogP) is 2.47. The first kappa shape index (κ1) is 15.3. The lowest BCUT2D eigenvalue weighted by molar-refractivity contribution is 0.387. The fourth-order valence-corrected chi connectivity index (χ4v) is 2.16. The lowest BCUT2D eigenvalue weighted by Gasteiger charge is -2.22. The maximum atomic E-state index is 5.69. The molecule has 2 rings (SSSR count). The molecule has 0 aliphatic rings. The van der Waals surface area contributed by atoms with E-state index in [-0.39, 0.29) is 6.04 Å². The first-order valence-corrected chi connectivity index (χ1v) is 7.11. The summed E-state index contributed by atoms with van der Waals surface area (Å²) in [6.07, 6.45) is 2.74. The van der Waals surface area contributed by atoms with Gasteiger partial charge < -0.3 is 16.0 Å². The number of rotatable bonds is 6. The van der Waals surface area contributed by atoms with Crippen LogP contribution in [0.3, 0.4) is 0 Å². The van der Waals surface area contributed by atoms with Gasteiger partial charge in [-0.1, -0.05) is 30.3 Å². The molecule has 0 aliphatic heterocycles. The zero-order chi connectivity index (χ0) is 15.2. The third-order valence-corrected chi connectivity index (χ3v) is 3.37. The molecule has 5 nitrogen and oxygen atoms in total. The molecule has 0 radical (unpaired) electrons. The van der Waals surface area contributed by atoms with Gasteiger partial charge in [0.1, 0.15) is 5.82 Å². The number of anilines is 2. The fourth-order valence-electron chi connectivity index (χ4n) is 2.16. The minimum Gasteiger partial charge on any atom is -0.368 e. The van der Waals surface area contributed by atoms with Crippen LogP contribution in [0.1, 0.15) is 23.6 Å². The molecule has 21 heavy (non-hydrogen) atoms. The second-order valence-electron chi connectivity index (χ2n) is 5.46. The van der Waals surface area contributed by atoms with Crippen LogP contribution in [0, 0.1) is 6.92 Å². The summed E-state index contributed by atoms with van der Waals surface area (Å²) in [4.78, 5) is 10.5. The first-order valence-electron chi connectivity index (χ1n) is 7.11. The Balaban J connectivity index is 2.21. The summed E-state index contributed by atoms with van der Waals surface area (Å²) < 4.78 is 0. The molecule has 0 saturated carbocycles. The summed E-state index contributed by atoms with van der Waals surface area (Å²) in [5, 5.41) is 3.50. The monoisotopic (exact) mass is 285 g/mol. The SMILES string of the molecule is Cc1cnc(N)nc1N[C@H](CCN(C)C)c1ccccc1. The summed E-state index contributed by atoms with van der Waals surface area (Å²) in [5.41, 5.74) is 7.94. The van der Waals surface area contributed by atoms with E-state index < -0.39 is 0 Å². The summed E-state index contributed by atoms with van der Waals surface area (Å²) in [6, 6.07) is 10.6. The Morgan fingerprint density at radius 1 is 1.24 bits per heavy atom. The normalized spacial score (nSPS) is 12.4. The molecule has 5 heteroatoms. The van der Waals surface area contributed by atoms with Crippen LogP contribution in [0.5, 0.6) is 0 Å². The van der Waals surface area contributed by atoms with E-state index in [1.807, 2.05) is 13.0 Å². The fraction of sp³-hybridized carbons (Fsp3) is 0.375. The molecule has 0 bridgehead atoms. The van der Waals surface area contributed by atoms with E-state index in [2.05, 4.69) is 58.5 Å². The largest absolute Gasteiger partial charge is 0.368 e. The van der Waals surface area contributed by atoms with Crippen molar-refractivity contribution in [2.75, 3.05) is 31.7 Å². The highest BCUT2D eigenvalue weighted by Gasteiger charge is 2.14. The highest BCUT2D eigenvalue weighted by Crippen LogP contribution is 2.23. The Labute approximate surface area is 126 Å². The Bertz CT molecular complexity index is 568. The average molecular weight is 285 g/mol. The van der Waals surface area contributed by atoms with E-state index in [1.54, 1.807) is 6.20 Å². The van der Waals surface area contributed by atoms with Gasteiger partial charge in [-0.2, -0.15) is 4.98 Å². The van der Waals surface area contributed by atoms with Crippen LogP contribution >= 0.6 is 0 Å². The second-order valence-corrected chi connectivity index (χ2v) is 5.46. The number of benzene rings is 1. The minimum absolute atomic E-state index is 0.196. The number of hydrogen-bond donors (Lipinski definition) is 2. The van der Waals surface area contributed by atoms with Gasteiger partial charge in [0.05, 0.1) is 6.04 Å². The highest BCUT2D eigenvalue weighted by atomic mass is 15.1. The molecule has 0 spiro atoms. The molecule has 1 aromatic heterocycles. The smallest absolute Gasteiger partial charge is 0.221 e. The Morgan fingerprint density at radius 2 is 1.95 bits per heavy atom. The van der Waals surface area contributed by atoms with Gasteiger partial charge in [0.15, 0.2) is 0 Å². The Morgan fingerprint density at radius 3 is 2.62 bits per heavy atom. The number of nitrogens with one attached hydrogen (secondary N) is 1.